The van der Waals surface area contributed by atoms with Crippen molar-refractivity contribution in [2.24, 2.45) is 4.99 Å². The summed E-state index contributed by atoms with van der Waals surface area (Å²) in [5.74, 6) is -0.0383. The zero-order chi connectivity index (χ0) is 9.54. The summed E-state index contributed by atoms with van der Waals surface area (Å²) in [7, 11) is 0. The van der Waals surface area contributed by atoms with Crippen molar-refractivity contribution >= 4 is 12.1 Å². The van der Waals surface area contributed by atoms with Crippen LogP contribution in [0.4, 0.5) is 0 Å². The molecule has 3 heterocycles. The van der Waals surface area contributed by atoms with E-state index in [2.05, 4.69) is 15.6 Å². The summed E-state index contributed by atoms with van der Waals surface area (Å²) in [5.41, 5.74) is 1.96. The summed E-state index contributed by atoms with van der Waals surface area (Å²) in [6, 6.07) is 0. The molecule has 0 aliphatic carbocycles. The lowest BCUT2D eigenvalue weighted by atomic mass is 10.1. The van der Waals surface area contributed by atoms with Gasteiger partial charge in [0.2, 0.25) is 0 Å². The number of carbonyl (C=O) groups excluding carboxylic acids is 1. The molecule has 0 spiro atoms. The SMILES string of the molecule is O=C1C=NC2NCNC3=C2N1CC=C3. The number of hydrogen-bond donors (Lipinski definition) is 2. The van der Waals surface area contributed by atoms with Gasteiger partial charge in [-0.1, -0.05) is 6.08 Å². The molecule has 3 aliphatic heterocycles. The van der Waals surface area contributed by atoms with Crippen molar-refractivity contribution in [2.75, 3.05) is 13.2 Å². The molecule has 0 fully saturated rings. The third kappa shape index (κ3) is 0.927. The van der Waals surface area contributed by atoms with Crippen molar-refractivity contribution in [3.63, 3.8) is 0 Å². The summed E-state index contributed by atoms with van der Waals surface area (Å²) < 4.78 is 0. The third-order valence-electron chi connectivity index (χ3n) is 2.57. The largest absolute Gasteiger partial charge is 0.371 e. The minimum atomic E-state index is -0.0612. The lowest BCUT2D eigenvalue weighted by Crippen LogP contribution is -2.53. The first-order valence-corrected chi connectivity index (χ1v) is 4.59. The van der Waals surface area contributed by atoms with E-state index in [0.29, 0.717) is 13.2 Å². The van der Waals surface area contributed by atoms with E-state index in [4.69, 9.17) is 0 Å². The Morgan fingerprint density at radius 1 is 1.57 bits per heavy atom. The second-order valence-electron chi connectivity index (χ2n) is 3.39. The maximum Gasteiger partial charge on any atom is 0.269 e. The Balaban J connectivity index is 2.14. The highest BCUT2D eigenvalue weighted by Crippen LogP contribution is 2.23. The van der Waals surface area contributed by atoms with Gasteiger partial charge in [-0.15, -0.1) is 0 Å². The molecule has 14 heavy (non-hydrogen) atoms. The fourth-order valence-corrected chi connectivity index (χ4v) is 1.93. The zero-order valence-electron chi connectivity index (χ0n) is 7.53. The summed E-state index contributed by atoms with van der Waals surface area (Å²) in [5, 5.41) is 6.36. The number of nitrogens with one attached hydrogen (secondary N) is 2. The van der Waals surface area contributed by atoms with Crippen LogP contribution in [0, 0.1) is 0 Å². The molecule has 3 aliphatic rings. The number of allylic oxidation sites excluding steroid dienone is 1. The van der Waals surface area contributed by atoms with Crippen molar-refractivity contribution < 1.29 is 4.79 Å². The standard InChI is InChI=1S/C9H10N4O/c14-7-4-10-9-8-6(11-5-12-9)2-1-3-13(7)8/h1-2,4,9,11-12H,3,5H2. The molecule has 1 atom stereocenters. The highest BCUT2D eigenvalue weighted by Gasteiger charge is 2.33. The molecule has 0 aromatic rings. The van der Waals surface area contributed by atoms with Crippen molar-refractivity contribution in [1.82, 2.24) is 15.5 Å². The van der Waals surface area contributed by atoms with Crippen LogP contribution in [0.1, 0.15) is 0 Å². The molecule has 2 N–H and O–H groups in total. The van der Waals surface area contributed by atoms with Crippen molar-refractivity contribution in [3.05, 3.63) is 23.5 Å². The summed E-state index contributed by atoms with van der Waals surface area (Å²) in [6.07, 6.45) is 5.32. The molecule has 0 radical (unpaired) electrons. The lowest BCUT2D eigenvalue weighted by Gasteiger charge is -2.38. The van der Waals surface area contributed by atoms with E-state index >= 15 is 0 Å². The molecule has 72 valence electrons. The van der Waals surface area contributed by atoms with Gasteiger partial charge in [-0.25, -0.2) is 0 Å². The molecule has 1 amide bonds. The van der Waals surface area contributed by atoms with Gasteiger partial charge in [0.05, 0.1) is 24.3 Å². The van der Waals surface area contributed by atoms with E-state index in [0.717, 1.165) is 11.4 Å². The number of amides is 1. The number of rotatable bonds is 0. The van der Waals surface area contributed by atoms with Gasteiger partial charge in [-0.05, 0) is 6.08 Å². The third-order valence-corrected chi connectivity index (χ3v) is 2.57. The molecule has 0 saturated carbocycles. The molecule has 0 saturated heterocycles. The van der Waals surface area contributed by atoms with Crippen molar-refractivity contribution in [1.29, 1.82) is 0 Å². The minimum absolute atomic E-state index is 0.0383. The van der Waals surface area contributed by atoms with E-state index < -0.39 is 0 Å². The van der Waals surface area contributed by atoms with Crippen LogP contribution in [0.25, 0.3) is 0 Å². The number of hydrogen-bond acceptors (Lipinski definition) is 4. The Kier molecular flexibility index (Phi) is 1.49. The van der Waals surface area contributed by atoms with Crippen LogP contribution in [0.2, 0.25) is 0 Å². The van der Waals surface area contributed by atoms with Crippen LogP contribution >= 0.6 is 0 Å². The van der Waals surface area contributed by atoms with Crippen LogP contribution in [0.5, 0.6) is 0 Å². The smallest absolute Gasteiger partial charge is 0.269 e. The van der Waals surface area contributed by atoms with Crippen LogP contribution in [-0.2, 0) is 4.79 Å². The normalized spacial score (nSPS) is 29.0. The van der Waals surface area contributed by atoms with Gasteiger partial charge in [0.15, 0.2) is 0 Å². The second kappa shape index (κ2) is 2.68. The molecule has 0 aromatic heterocycles. The maximum atomic E-state index is 11.5. The van der Waals surface area contributed by atoms with Crippen molar-refractivity contribution in [3.8, 4) is 0 Å². The Labute approximate surface area is 81.2 Å². The topological polar surface area (TPSA) is 56.7 Å². The Morgan fingerprint density at radius 2 is 2.50 bits per heavy atom. The molecular formula is C9H10N4O. The maximum absolute atomic E-state index is 11.5. The summed E-state index contributed by atoms with van der Waals surface area (Å²) in [4.78, 5) is 17.4. The first-order chi connectivity index (χ1) is 6.86. The van der Waals surface area contributed by atoms with Gasteiger partial charge >= 0.3 is 0 Å². The zero-order valence-corrected chi connectivity index (χ0v) is 7.53. The van der Waals surface area contributed by atoms with E-state index in [1.165, 1.54) is 6.21 Å². The van der Waals surface area contributed by atoms with E-state index in [-0.39, 0.29) is 12.1 Å². The van der Waals surface area contributed by atoms with Gasteiger partial charge in [-0.2, -0.15) is 0 Å². The van der Waals surface area contributed by atoms with Crippen LogP contribution in [0.15, 0.2) is 28.5 Å². The molecular weight excluding hydrogens is 180 g/mol. The van der Waals surface area contributed by atoms with Crippen molar-refractivity contribution in [2.45, 2.75) is 6.17 Å². The number of aliphatic imine (C=N–C) groups is 1. The highest BCUT2D eigenvalue weighted by atomic mass is 16.2. The summed E-state index contributed by atoms with van der Waals surface area (Å²) >= 11 is 0. The van der Waals surface area contributed by atoms with Gasteiger partial charge in [0, 0.05) is 6.54 Å². The van der Waals surface area contributed by atoms with Gasteiger partial charge < -0.3 is 10.2 Å². The fraction of sp³-hybridized carbons (Fsp3) is 0.333. The monoisotopic (exact) mass is 190 g/mol. The average Bonchev–Trinajstić information content (AvgIpc) is 2.24. The minimum Gasteiger partial charge on any atom is -0.371 e. The van der Waals surface area contributed by atoms with E-state index in [1.54, 1.807) is 4.90 Å². The van der Waals surface area contributed by atoms with Crippen LogP contribution in [0.3, 0.4) is 0 Å². The second-order valence-corrected chi connectivity index (χ2v) is 3.39. The Bertz CT molecular complexity index is 382. The van der Waals surface area contributed by atoms with Crippen LogP contribution in [-0.4, -0.2) is 36.4 Å². The lowest BCUT2D eigenvalue weighted by molar-refractivity contribution is -0.122. The van der Waals surface area contributed by atoms with E-state index in [1.807, 2.05) is 12.2 Å². The Hall–Kier alpha value is -1.62. The molecule has 0 aromatic carbocycles. The van der Waals surface area contributed by atoms with Gasteiger partial charge in [-0.3, -0.25) is 15.1 Å². The summed E-state index contributed by atoms with van der Waals surface area (Å²) in [6.45, 7) is 1.33. The number of carbonyl (C=O) groups is 1. The average molecular weight is 190 g/mol. The van der Waals surface area contributed by atoms with E-state index in [9.17, 15) is 4.79 Å². The quantitative estimate of drug-likeness (QED) is 0.523. The van der Waals surface area contributed by atoms with Gasteiger partial charge in [0.1, 0.15) is 6.17 Å². The van der Waals surface area contributed by atoms with Gasteiger partial charge in [0.25, 0.3) is 5.91 Å². The Morgan fingerprint density at radius 3 is 3.43 bits per heavy atom. The first-order valence-electron chi connectivity index (χ1n) is 4.59. The fourth-order valence-electron chi connectivity index (χ4n) is 1.93. The number of nitrogens with zero attached hydrogens (tertiary/aromatic N) is 2. The predicted molar refractivity (Wildman–Crippen MR) is 51.3 cm³/mol. The highest BCUT2D eigenvalue weighted by molar-refractivity contribution is 6.27. The predicted octanol–water partition coefficient (Wildman–Crippen LogP) is -0.843. The molecule has 5 nitrogen and oxygen atoms in total. The molecule has 5 heteroatoms. The molecule has 0 bridgehead atoms. The molecule has 1 unspecified atom stereocenters. The van der Waals surface area contributed by atoms with Crippen LogP contribution < -0.4 is 10.6 Å². The molecule has 3 rings (SSSR count). The first kappa shape index (κ1) is 7.75.